The predicted molar refractivity (Wildman–Crippen MR) is 85.1 cm³/mol. The molecular weight excluding hydrogens is 316 g/mol. The van der Waals surface area contributed by atoms with Crippen molar-refractivity contribution in [3.05, 3.63) is 64.3 Å². The number of hydrogen-bond acceptors (Lipinski definition) is 1. The fourth-order valence-electron chi connectivity index (χ4n) is 2.13. The second-order valence-electron chi connectivity index (χ2n) is 4.66. The molecule has 100 valence electrons. The average molecular weight is 329 g/mol. The molecule has 0 spiro atoms. The van der Waals surface area contributed by atoms with Gasteiger partial charge in [0, 0.05) is 15.4 Å². The summed E-state index contributed by atoms with van der Waals surface area (Å²) in [6.45, 7) is 1.99. The van der Waals surface area contributed by atoms with Gasteiger partial charge in [0.05, 0.1) is 5.69 Å². The topological polar surface area (TPSA) is 44.9 Å². The second-order valence-corrected chi connectivity index (χ2v) is 5.45. The van der Waals surface area contributed by atoms with Crippen LogP contribution in [0.1, 0.15) is 16.1 Å². The Balaban J connectivity index is 1.91. The first kappa shape index (κ1) is 12.9. The molecule has 3 aromatic rings. The Bertz CT molecular complexity index is 759. The van der Waals surface area contributed by atoms with Gasteiger partial charge in [0.2, 0.25) is 0 Å². The average Bonchev–Trinajstić information content (AvgIpc) is 2.88. The molecule has 0 radical (unpaired) electrons. The number of aryl methyl sites for hydroxylation is 1. The maximum absolute atomic E-state index is 12.3. The lowest BCUT2D eigenvalue weighted by molar-refractivity contribution is 0.102. The van der Waals surface area contributed by atoms with E-state index in [1.54, 1.807) is 0 Å². The summed E-state index contributed by atoms with van der Waals surface area (Å²) in [4.78, 5) is 15.4. The van der Waals surface area contributed by atoms with Gasteiger partial charge in [0.1, 0.15) is 5.69 Å². The maximum atomic E-state index is 12.3. The van der Waals surface area contributed by atoms with Gasteiger partial charge in [-0.3, -0.25) is 4.79 Å². The first-order chi connectivity index (χ1) is 9.65. The number of H-pyrrole nitrogens is 1. The number of carbonyl (C=O) groups is 1. The predicted octanol–water partition coefficient (Wildman–Crippen LogP) is 4.49. The lowest BCUT2D eigenvalue weighted by atomic mass is 10.2. The van der Waals surface area contributed by atoms with E-state index in [9.17, 15) is 4.79 Å². The Morgan fingerprint density at radius 1 is 1.15 bits per heavy atom. The molecule has 4 heteroatoms. The van der Waals surface area contributed by atoms with Crippen molar-refractivity contribution in [2.75, 3.05) is 5.32 Å². The van der Waals surface area contributed by atoms with Crippen LogP contribution in [0.5, 0.6) is 0 Å². The number of aromatic nitrogens is 1. The molecule has 2 aromatic carbocycles. The minimum absolute atomic E-state index is 0.146. The van der Waals surface area contributed by atoms with Gasteiger partial charge >= 0.3 is 0 Å². The van der Waals surface area contributed by atoms with Crippen molar-refractivity contribution in [1.82, 2.24) is 4.98 Å². The molecule has 0 atom stereocenters. The number of nitrogens with one attached hydrogen (secondary N) is 2. The molecule has 0 fully saturated rings. The largest absolute Gasteiger partial charge is 0.351 e. The molecule has 3 nitrogen and oxygen atoms in total. The van der Waals surface area contributed by atoms with Crippen LogP contribution in [0.2, 0.25) is 0 Å². The monoisotopic (exact) mass is 328 g/mol. The van der Waals surface area contributed by atoms with E-state index < -0.39 is 0 Å². The molecular formula is C16H13BrN2O. The lowest BCUT2D eigenvalue weighted by Gasteiger charge is -2.08. The van der Waals surface area contributed by atoms with Crippen LogP contribution in [-0.4, -0.2) is 10.9 Å². The Kier molecular flexibility index (Phi) is 3.32. The van der Waals surface area contributed by atoms with Crippen LogP contribution < -0.4 is 5.32 Å². The number of fused-ring (bicyclic) bond motifs is 1. The molecule has 0 aliphatic heterocycles. The highest BCUT2D eigenvalue weighted by Crippen LogP contribution is 2.26. The number of para-hydroxylation sites is 1. The number of benzene rings is 2. The van der Waals surface area contributed by atoms with Crippen molar-refractivity contribution >= 4 is 38.4 Å². The van der Waals surface area contributed by atoms with Gasteiger partial charge in [0.25, 0.3) is 5.91 Å². The van der Waals surface area contributed by atoms with E-state index in [-0.39, 0.29) is 5.91 Å². The van der Waals surface area contributed by atoms with Gasteiger partial charge in [-0.1, -0.05) is 30.3 Å². The highest BCUT2D eigenvalue weighted by atomic mass is 79.9. The summed E-state index contributed by atoms with van der Waals surface area (Å²) in [7, 11) is 0. The van der Waals surface area contributed by atoms with Crippen molar-refractivity contribution in [2.45, 2.75) is 6.92 Å². The van der Waals surface area contributed by atoms with Gasteiger partial charge in [-0.25, -0.2) is 0 Å². The Hall–Kier alpha value is -2.07. The third kappa shape index (κ3) is 2.34. The van der Waals surface area contributed by atoms with Crippen molar-refractivity contribution < 1.29 is 4.79 Å². The fraction of sp³-hybridized carbons (Fsp3) is 0.0625. The van der Waals surface area contributed by atoms with E-state index in [4.69, 9.17) is 0 Å². The van der Waals surface area contributed by atoms with Crippen molar-refractivity contribution in [2.24, 2.45) is 0 Å². The lowest BCUT2D eigenvalue weighted by Crippen LogP contribution is -2.12. The quantitative estimate of drug-likeness (QED) is 0.715. The molecule has 3 rings (SSSR count). The fourth-order valence-corrected chi connectivity index (χ4v) is 2.49. The third-order valence-electron chi connectivity index (χ3n) is 3.21. The molecule has 1 aromatic heterocycles. The molecule has 1 heterocycles. The molecule has 1 amide bonds. The zero-order valence-corrected chi connectivity index (χ0v) is 12.5. The minimum atomic E-state index is -0.146. The maximum Gasteiger partial charge on any atom is 0.272 e. The molecule has 20 heavy (non-hydrogen) atoms. The van der Waals surface area contributed by atoms with Crippen LogP contribution in [0.15, 0.2) is 53.0 Å². The zero-order chi connectivity index (χ0) is 14.1. The SMILES string of the molecule is Cc1cccc(NC(=O)c2cc3ccccc3[nH]2)c1Br. The standard InChI is InChI=1S/C16H13BrN2O/c1-10-5-4-8-13(15(10)17)19-16(20)14-9-11-6-2-3-7-12(11)18-14/h2-9,18H,1H3,(H,19,20). The van der Waals surface area contributed by atoms with Gasteiger partial charge in [0.15, 0.2) is 0 Å². The highest BCUT2D eigenvalue weighted by Gasteiger charge is 2.11. The van der Waals surface area contributed by atoms with Crippen LogP contribution >= 0.6 is 15.9 Å². The number of aromatic amines is 1. The van der Waals surface area contributed by atoms with Crippen molar-refractivity contribution in [1.29, 1.82) is 0 Å². The van der Waals surface area contributed by atoms with Gasteiger partial charge in [-0.2, -0.15) is 0 Å². The molecule has 0 saturated carbocycles. The number of halogens is 1. The van der Waals surface area contributed by atoms with Crippen LogP contribution in [-0.2, 0) is 0 Å². The van der Waals surface area contributed by atoms with Crippen LogP contribution in [0.25, 0.3) is 10.9 Å². The first-order valence-corrected chi connectivity index (χ1v) is 7.08. The van der Waals surface area contributed by atoms with Gasteiger partial charge < -0.3 is 10.3 Å². The second kappa shape index (κ2) is 5.13. The minimum Gasteiger partial charge on any atom is -0.351 e. The van der Waals surface area contributed by atoms with E-state index >= 15 is 0 Å². The summed E-state index contributed by atoms with van der Waals surface area (Å²) < 4.78 is 0.907. The van der Waals surface area contributed by atoms with Crippen LogP contribution in [0, 0.1) is 6.92 Å². The van der Waals surface area contributed by atoms with Crippen LogP contribution in [0.3, 0.4) is 0 Å². The molecule has 2 N–H and O–H groups in total. The van der Waals surface area contributed by atoms with Crippen molar-refractivity contribution in [3.8, 4) is 0 Å². The summed E-state index contributed by atoms with van der Waals surface area (Å²) in [6.07, 6.45) is 0. The number of hydrogen-bond donors (Lipinski definition) is 2. The number of carbonyl (C=O) groups excluding carboxylic acids is 1. The number of rotatable bonds is 2. The summed E-state index contributed by atoms with van der Waals surface area (Å²) >= 11 is 3.49. The first-order valence-electron chi connectivity index (χ1n) is 6.29. The normalized spacial score (nSPS) is 10.7. The highest BCUT2D eigenvalue weighted by molar-refractivity contribution is 9.10. The van der Waals surface area contributed by atoms with E-state index in [0.29, 0.717) is 5.69 Å². The van der Waals surface area contributed by atoms with Gasteiger partial charge in [-0.05, 0) is 46.6 Å². The summed E-state index contributed by atoms with van der Waals surface area (Å²) in [5.74, 6) is -0.146. The molecule has 0 unspecified atom stereocenters. The van der Waals surface area contributed by atoms with E-state index in [1.807, 2.05) is 55.5 Å². The molecule has 0 aliphatic rings. The number of anilines is 1. The Morgan fingerprint density at radius 2 is 1.95 bits per heavy atom. The Morgan fingerprint density at radius 3 is 2.75 bits per heavy atom. The zero-order valence-electron chi connectivity index (χ0n) is 10.9. The summed E-state index contributed by atoms with van der Waals surface area (Å²) in [5, 5.41) is 3.94. The summed E-state index contributed by atoms with van der Waals surface area (Å²) in [5.41, 5.74) is 3.37. The molecule has 0 saturated heterocycles. The van der Waals surface area contributed by atoms with E-state index in [2.05, 4.69) is 26.2 Å². The summed E-state index contributed by atoms with van der Waals surface area (Å²) in [6, 6.07) is 15.5. The van der Waals surface area contributed by atoms with E-state index in [1.165, 1.54) is 0 Å². The third-order valence-corrected chi connectivity index (χ3v) is 4.27. The Labute approximate surface area is 125 Å². The number of amides is 1. The van der Waals surface area contributed by atoms with Crippen molar-refractivity contribution in [3.63, 3.8) is 0 Å². The molecule has 0 aliphatic carbocycles. The smallest absolute Gasteiger partial charge is 0.272 e. The van der Waals surface area contributed by atoms with Crippen LogP contribution in [0.4, 0.5) is 5.69 Å². The molecule has 0 bridgehead atoms. The van der Waals surface area contributed by atoms with Gasteiger partial charge in [-0.15, -0.1) is 0 Å². The van der Waals surface area contributed by atoms with E-state index in [0.717, 1.165) is 26.6 Å².